The molecular weight excluding hydrogens is 630 g/mol. The normalized spacial score (nSPS) is 16.4. The molecule has 0 amide bonds. The molecule has 1 atom stereocenters. The van der Waals surface area contributed by atoms with Crippen molar-refractivity contribution in [3.05, 3.63) is 46.3 Å². The van der Waals surface area contributed by atoms with Gasteiger partial charge in [-0.25, -0.2) is 14.0 Å². The number of aromatic hydroxyl groups is 1. The number of esters is 2. The number of anilines is 1. The van der Waals surface area contributed by atoms with Crippen molar-refractivity contribution in [3.8, 4) is 17.2 Å². The molecule has 15 heteroatoms. The minimum Gasteiger partial charge on any atom is -0.505 e. The van der Waals surface area contributed by atoms with E-state index in [-0.39, 0.29) is 67.1 Å². The summed E-state index contributed by atoms with van der Waals surface area (Å²) in [6, 6.07) is 4.69. The average molecular weight is 668 g/mol. The number of fused-ring (bicyclic) bond motifs is 1. The van der Waals surface area contributed by atoms with Crippen molar-refractivity contribution in [2.24, 2.45) is 0 Å². The van der Waals surface area contributed by atoms with Crippen molar-refractivity contribution in [1.82, 2.24) is 4.90 Å². The highest BCUT2D eigenvalue weighted by Crippen LogP contribution is 2.42. The number of halogens is 4. The summed E-state index contributed by atoms with van der Waals surface area (Å²) in [5, 5.41) is 19.9. The van der Waals surface area contributed by atoms with Crippen molar-refractivity contribution in [1.29, 1.82) is 5.41 Å². The number of carbonyl (C=O) groups is 3. The molecule has 0 spiro atoms. The molecule has 0 aliphatic carbocycles. The zero-order valence-corrected chi connectivity index (χ0v) is 26.7. The number of Topliss-reactive ketones (excluding diaryl/α,β-unsaturated/α-hetero) is 1. The Balaban J connectivity index is 1.52. The smallest absolute Gasteiger partial charge is 0.491 e. The van der Waals surface area contributed by atoms with Crippen LogP contribution in [0.4, 0.5) is 23.2 Å². The summed E-state index contributed by atoms with van der Waals surface area (Å²) >= 11 is 0. The van der Waals surface area contributed by atoms with Crippen molar-refractivity contribution >= 4 is 29.2 Å². The van der Waals surface area contributed by atoms with Gasteiger partial charge in [-0.15, -0.1) is 0 Å². The lowest BCUT2D eigenvalue weighted by molar-refractivity contribution is -0.203. The molecule has 256 valence electrons. The first-order chi connectivity index (χ1) is 22.0. The molecule has 1 unspecified atom stereocenters. The molecule has 2 aromatic carbocycles. The number of alkyl halides is 3. The molecule has 11 nitrogen and oxygen atoms in total. The number of nitrogens with one attached hydrogen (secondary N) is 1. The topological polar surface area (TPSA) is 139 Å². The van der Waals surface area contributed by atoms with Crippen LogP contribution in [0.3, 0.4) is 0 Å². The molecule has 2 heterocycles. The number of hydrogen-bond acceptors (Lipinski definition) is 10. The maximum atomic E-state index is 15.5. The summed E-state index contributed by atoms with van der Waals surface area (Å²) in [6.07, 6.45) is -5.65. The van der Waals surface area contributed by atoms with Gasteiger partial charge in [0.15, 0.2) is 23.1 Å². The number of phenolic OH excluding ortho intramolecular Hbond substituents is 1. The number of rotatable bonds is 11. The van der Waals surface area contributed by atoms with Crippen LogP contribution in [0.25, 0.3) is 0 Å². The maximum Gasteiger partial charge on any atom is 0.491 e. The van der Waals surface area contributed by atoms with E-state index in [0.29, 0.717) is 29.8 Å². The number of phenols is 1. The second-order valence-electron chi connectivity index (χ2n) is 12.1. The molecule has 1 fully saturated rings. The predicted molar refractivity (Wildman–Crippen MR) is 161 cm³/mol. The zero-order valence-electron chi connectivity index (χ0n) is 26.7. The van der Waals surface area contributed by atoms with Gasteiger partial charge >= 0.3 is 18.1 Å². The van der Waals surface area contributed by atoms with Crippen LogP contribution in [0.1, 0.15) is 68.1 Å². The fraction of sp³-hybridized carbons (Fsp3) is 0.500. The quantitative estimate of drug-likeness (QED) is 0.148. The molecule has 0 radical (unpaired) electrons. The molecule has 2 aromatic rings. The van der Waals surface area contributed by atoms with E-state index < -0.39 is 47.8 Å². The van der Waals surface area contributed by atoms with Crippen LogP contribution in [-0.4, -0.2) is 85.3 Å². The van der Waals surface area contributed by atoms with Gasteiger partial charge in [-0.3, -0.25) is 10.2 Å². The lowest BCUT2D eigenvalue weighted by atomic mass is 9.84. The number of benzene rings is 2. The van der Waals surface area contributed by atoms with E-state index in [0.717, 1.165) is 0 Å². The second-order valence-corrected chi connectivity index (χ2v) is 12.1. The van der Waals surface area contributed by atoms with E-state index in [4.69, 9.17) is 19.6 Å². The molecule has 1 saturated heterocycles. The number of ketones is 1. The summed E-state index contributed by atoms with van der Waals surface area (Å²) in [5.74, 6) is -5.40. The third-order valence-electron chi connectivity index (χ3n) is 7.69. The Morgan fingerprint density at radius 1 is 1.06 bits per heavy atom. The van der Waals surface area contributed by atoms with E-state index in [9.17, 15) is 32.7 Å². The molecule has 2 aliphatic heterocycles. The number of hydrogen-bond donors (Lipinski definition) is 2. The third kappa shape index (κ3) is 7.77. The largest absolute Gasteiger partial charge is 0.505 e. The minimum absolute atomic E-state index is 0.0289. The predicted octanol–water partition coefficient (Wildman–Crippen LogP) is 4.88. The van der Waals surface area contributed by atoms with Crippen LogP contribution < -0.4 is 14.4 Å². The van der Waals surface area contributed by atoms with Crippen LogP contribution in [0.15, 0.2) is 18.2 Å². The van der Waals surface area contributed by atoms with Crippen molar-refractivity contribution in [3.63, 3.8) is 0 Å². The molecular formula is C32H37F4N3O8. The highest BCUT2D eigenvalue weighted by atomic mass is 19.4. The van der Waals surface area contributed by atoms with Crippen LogP contribution in [0, 0.1) is 11.2 Å². The fourth-order valence-electron chi connectivity index (χ4n) is 5.48. The van der Waals surface area contributed by atoms with Crippen LogP contribution in [0.5, 0.6) is 17.2 Å². The first-order valence-electron chi connectivity index (χ1n) is 15.0. The average Bonchev–Trinajstić information content (AvgIpc) is 3.57. The number of carbonyl (C=O) groups excluding carboxylic acids is 3. The molecule has 2 aliphatic rings. The second kappa shape index (κ2) is 13.8. The molecule has 47 heavy (non-hydrogen) atoms. The summed E-state index contributed by atoms with van der Waals surface area (Å²) in [7, 11) is 0. The molecule has 4 rings (SSSR count). The highest BCUT2D eigenvalue weighted by Gasteiger charge is 2.42. The lowest BCUT2D eigenvalue weighted by Gasteiger charge is -2.27. The van der Waals surface area contributed by atoms with Gasteiger partial charge in [0.1, 0.15) is 18.2 Å². The summed E-state index contributed by atoms with van der Waals surface area (Å²) in [4.78, 5) is 39.4. The Kier molecular flexibility index (Phi) is 10.4. The van der Waals surface area contributed by atoms with Gasteiger partial charge in [-0.05, 0) is 49.4 Å². The van der Waals surface area contributed by atoms with Crippen molar-refractivity contribution < 1.29 is 56.0 Å². The summed E-state index contributed by atoms with van der Waals surface area (Å²) in [5.41, 5.74) is 0.895. The summed E-state index contributed by atoms with van der Waals surface area (Å²) in [6.45, 7) is 8.83. The van der Waals surface area contributed by atoms with Gasteiger partial charge in [0.05, 0.1) is 37.1 Å². The van der Waals surface area contributed by atoms with E-state index in [1.165, 1.54) is 11.0 Å². The van der Waals surface area contributed by atoms with Crippen LogP contribution in [-0.2, 0) is 31.0 Å². The zero-order chi connectivity index (χ0) is 34.8. The standard InChI is InChI=1S/C32H37F4N3O8/c1-6-44-23-12-18-13-39(29(37)25(18)26(33)28(23)45-7-2)15-22(40)17-10-20(31(3,4)5)27(42)21(11-17)38-9-8-19(14-38)46-16-24(41)47-30(43)32(34,35)36/h10-12,19,37,42H,6-9,13-16H2,1-5H3. The van der Waals surface area contributed by atoms with Gasteiger partial charge in [0.2, 0.25) is 0 Å². The van der Waals surface area contributed by atoms with E-state index in [1.807, 2.05) is 20.8 Å². The molecule has 2 N–H and O–H groups in total. The van der Waals surface area contributed by atoms with Crippen molar-refractivity contribution in [2.75, 3.05) is 44.4 Å². The van der Waals surface area contributed by atoms with E-state index in [2.05, 4.69) is 4.74 Å². The van der Waals surface area contributed by atoms with E-state index >= 15 is 4.39 Å². The van der Waals surface area contributed by atoms with Gasteiger partial charge in [0.25, 0.3) is 0 Å². The van der Waals surface area contributed by atoms with Gasteiger partial charge in [0, 0.05) is 30.8 Å². The van der Waals surface area contributed by atoms with Crippen molar-refractivity contribution in [2.45, 2.75) is 65.3 Å². The Labute approximate surface area is 268 Å². The fourth-order valence-corrected chi connectivity index (χ4v) is 5.48. The van der Waals surface area contributed by atoms with Gasteiger partial charge in [-0.1, -0.05) is 20.8 Å². The Morgan fingerprint density at radius 3 is 2.36 bits per heavy atom. The van der Waals surface area contributed by atoms with E-state index in [1.54, 1.807) is 30.9 Å². The van der Waals surface area contributed by atoms with Crippen LogP contribution in [0.2, 0.25) is 0 Å². The highest BCUT2D eigenvalue weighted by molar-refractivity contribution is 6.06. The molecule has 0 bridgehead atoms. The lowest BCUT2D eigenvalue weighted by Crippen LogP contribution is -2.31. The summed E-state index contributed by atoms with van der Waals surface area (Å²) < 4.78 is 72.8. The Bertz CT molecular complexity index is 1570. The minimum atomic E-state index is -5.32. The maximum absolute atomic E-state index is 15.5. The first kappa shape index (κ1) is 35.5. The Morgan fingerprint density at radius 2 is 1.74 bits per heavy atom. The number of nitrogens with zero attached hydrogens (tertiary/aromatic N) is 2. The van der Waals surface area contributed by atoms with Gasteiger partial charge in [-0.2, -0.15) is 13.2 Å². The Hall–Kier alpha value is -4.40. The SMILES string of the molecule is CCOc1cc2c(c(F)c1OCC)C(=N)N(CC(=O)c1cc(N3CCC(OCC(=O)OC(=O)C(F)(F)F)C3)c(O)c(C(C)(C)C)c1)C2. The number of ether oxygens (including phenoxy) is 4. The van der Waals surface area contributed by atoms with Crippen LogP contribution >= 0.6 is 0 Å². The monoisotopic (exact) mass is 667 g/mol. The first-order valence-corrected chi connectivity index (χ1v) is 15.0. The number of amidine groups is 1. The molecule has 0 saturated carbocycles. The molecule has 0 aromatic heterocycles. The third-order valence-corrected chi connectivity index (χ3v) is 7.69. The van der Waals surface area contributed by atoms with Gasteiger partial charge < -0.3 is 33.9 Å².